The van der Waals surface area contributed by atoms with Crippen LogP contribution in [0.15, 0.2) is 24.3 Å². The van der Waals surface area contributed by atoms with Gasteiger partial charge in [0.15, 0.2) is 0 Å². The van der Waals surface area contributed by atoms with Crippen molar-refractivity contribution in [3.63, 3.8) is 0 Å². The molecule has 0 amide bonds. The molecule has 0 saturated carbocycles. The van der Waals surface area contributed by atoms with Gasteiger partial charge in [0.05, 0.1) is 13.2 Å². The fourth-order valence-corrected chi connectivity index (χ4v) is 2.54. The van der Waals surface area contributed by atoms with E-state index in [2.05, 4.69) is 49.9 Å². The summed E-state index contributed by atoms with van der Waals surface area (Å²) in [5.74, 6) is 0. The first kappa shape index (κ1) is 19.1. The van der Waals surface area contributed by atoms with Crippen LogP contribution in [0, 0.1) is 0 Å². The van der Waals surface area contributed by atoms with Gasteiger partial charge >= 0.3 is 0 Å². The van der Waals surface area contributed by atoms with Crippen LogP contribution in [0.2, 0.25) is 0 Å². The summed E-state index contributed by atoms with van der Waals surface area (Å²) in [6.07, 6.45) is 0. The van der Waals surface area contributed by atoms with Crippen LogP contribution in [0.4, 0.5) is 0 Å². The summed E-state index contributed by atoms with van der Waals surface area (Å²) in [5.41, 5.74) is 8.81. The monoisotopic (exact) mass is 308 g/mol. The van der Waals surface area contributed by atoms with Crippen LogP contribution < -0.4 is 5.73 Å². The minimum Gasteiger partial charge on any atom is -0.383 e. The molecule has 4 nitrogen and oxygen atoms in total. The Balaban J connectivity index is 2.90. The Bertz CT molecular complexity index is 404. The Morgan fingerprint density at radius 1 is 1.00 bits per heavy atom. The molecule has 0 aliphatic rings. The predicted molar refractivity (Wildman–Crippen MR) is 92.3 cm³/mol. The van der Waals surface area contributed by atoms with E-state index in [4.69, 9.17) is 15.2 Å². The molecule has 0 spiro atoms. The SMILES string of the molecule is COCCN(CCOC)C(CN)c1ccc(C(C)(C)C)cc1. The maximum atomic E-state index is 6.05. The number of nitrogens with two attached hydrogens (primary N) is 1. The normalized spacial score (nSPS) is 13.6. The molecule has 0 saturated heterocycles. The van der Waals surface area contributed by atoms with Gasteiger partial charge in [0, 0.05) is 39.9 Å². The smallest absolute Gasteiger partial charge is 0.0589 e. The second kappa shape index (κ2) is 9.26. The van der Waals surface area contributed by atoms with Crippen molar-refractivity contribution in [3.05, 3.63) is 35.4 Å². The molecule has 1 atom stereocenters. The molecule has 0 radical (unpaired) electrons. The molecule has 1 aromatic rings. The van der Waals surface area contributed by atoms with Gasteiger partial charge in [-0.25, -0.2) is 0 Å². The number of ether oxygens (including phenoxy) is 2. The number of nitrogens with zero attached hydrogens (tertiary/aromatic N) is 1. The second-order valence-electron chi connectivity index (χ2n) is 6.65. The highest BCUT2D eigenvalue weighted by Gasteiger charge is 2.20. The molecule has 0 bridgehead atoms. The van der Waals surface area contributed by atoms with E-state index in [1.54, 1.807) is 14.2 Å². The molecular weight excluding hydrogens is 276 g/mol. The van der Waals surface area contributed by atoms with E-state index in [1.807, 2.05) is 0 Å². The number of benzene rings is 1. The molecule has 1 rings (SSSR count). The molecule has 126 valence electrons. The van der Waals surface area contributed by atoms with Crippen LogP contribution >= 0.6 is 0 Å². The van der Waals surface area contributed by atoms with Crippen LogP contribution in [0.25, 0.3) is 0 Å². The van der Waals surface area contributed by atoms with E-state index in [9.17, 15) is 0 Å². The van der Waals surface area contributed by atoms with E-state index >= 15 is 0 Å². The zero-order valence-corrected chi connectivity index (χ0v) is 14.8. The van der Waals surface area contributed by atoms with Gasteiger partial charge in [0.1, 0.15) is 0 Å². The summed E-state index contributed by atoms with van der Waals surface area (Å²) in [7, 11) is 3.45. The maximum Gasteiger partial charge on any atom is 0.0589 e. The lowest BCUT2D eigenvalue weighted by molar-refractivity contribution is 0.0891. The lowest BCUT2D eigenvalue weighted by Gasteiger charge is -2.31. The predicted octanol–water partition coefficient (Wildman–Crippen LogP) is 2.58. The summed E-state index contributed by atoms with van der Waals surface area (Å²) in [6, 6.07) is 9.01. The van der Waals surface area contributed by atoms with Gasteiger partial charge in [-0.2, -0.15) is 0 Å². The van der Waals surface area contributed by atoms with Crippen molar-refractivity contribution >= 4 is 0 Å². The van der Waals surface area contributed by atoms with Gasteiger partial charge in [-0.05, 0) is 16.5 Å². The number of rotatable bonds is 9. The van der Waals surface area contributed by atoms with Gasteiger partial charge in [-0.15, -0.1) is 0 Å². The average molecular weight is 308 g/mol. The van der Waals surface area contributed by atoms with Gasteiger partial charge in [-0.1, -0.05) is 45.0 Å². The fraction of sp³-hybridized carbons (Fsp3) is 0.667. The van der Waals surface area contributed by atoms with Crippen molar-refractivity contribution in [1.29, 1.82) is 0 Å². The van der Waals surface area contributed by atoms with Crippen molar-refractivity contribution in [2.75, 3.05) is 47.1 Å². The molecule has 0 heterocycles. The number of methoxy groups -OCH3 is 2. The Morgan fingerprint density at radius 2 is 1.50 bits per heavy atom. The van der Waals surface area contributed by atoms with Gasteiger partial charge < -0.3 is 15.2 Å². The van der Waals surface area contributed by atoms with E-state index in [0.717, 1.165) is 13.1 Å². The third kappa shape index (κ3) is 5.69. The summed E-state index contributed by atoms with van der Waals surface area (Å²) < 4.78 is 10.4. The topological polar surface area (TPSA) is 47.7 Å². The van der Waals surface area contributed by atoms with Crippen molar-refractivity contribution < 1.29 is 9.47 Å². The molecule has 22 heavy (non-hydrogen) atoms. The van der Waals surface area contributed by atoms with Crippen molar-refractivity contribution in [3.8, 4) is 0 Å². The van der Waals surface area contributed by atoms with E-state index < -0.39 is 0 Å². The molecule has 0 aliphatic carbocycles. The fourth-order valence-electron chi connectivity index (χ4n) is 2.54. The molecule has 4 heteroatoms. The third-order valence-electron chi connectivity index (χ3n) is 3.99. The van der Waals surface area contributed by atoms with Crippen LogP contribution in [0.5, 0.6) is 0 Å². The van der Waals surface area contributed by atoms with Crippen molar-refractivity contribution in [2.24, 2.45) is 5.73 Å². The summed E-state index contributed by atoms with van der Waals surface area (Å²) >= 11 is 0. The van der Waals surface area contributed by atoms with Crippen LogP contribution in [0.3, 0.4) is 0 Å². The molecule has 1 aromatic carbocycles. The standard InChI is InChI=1S/C18H32N2O2/c1-18(2,3)16-8-6-15(7-9-16)17(14-19)20(10-12-21-4)11-13-22-5/h6-9,17H,10-14,19H2,1-5H3. The lowest BCUT2D eigenvalue weighted by Crippen LogP contribution is -2.38. The summed E-state index contributed by atoms with van der Waals surface area (Å²) in [6.45, 7) is 10.4. The lowest BCUT2D eigenvalue weighted by atomic mass is 9.86. The highest BCUT2D eigenvalue weighted by atomic mass is 16.5. The van der Waals surface area contributed by atoms with Gasteiger partial charge in [0.2, 0.25) is 0 Å². The first-order valence-electron chi connectivity index (χ1n) is 7.96. The van der Waals surface area contributed by atoms with Crippen LogP contribution in [0.1, 0.15) is 37.9 Å². The van der Waals surface area contributed by atoms with E-state index in [1.165, 1.54) is 11.1 Å². The van der Waals surface area contributed by atoms with Gasteiger partial charge in [-0.3, -0.25) is 4.90 Å². The quantitative estimate of drug-likeness (QED) is 0.762. The Hall–Kier alpha value is -0.940. The Kier molecular flexibility index (Phi) is 8.04. The number of hydrogen-bond donors (Lipinski definition) is 1. The molecule has 0 aromatic heterocycles. The third-order valence-corrected chi connectivity index (χ3v) is 3.99. The Labute approximate surface area is 135 Å². The average Bonchev–Trinajstić information content (AvgIpc) is 2.49. The Morgan fingerprint density at radius 3 is 1.86 bits per heavy atom. The molecular formula is C18H32N2O2. The molecule has 0 fully saturated rings. The minimum atomic E-state index is 0.169. The van der Waals surface area contributed by atoms with E-state index in [-0.39, 0.29) is 11.5 Å². The largest absolute Gasteiger partial charge is 0.383 e. The summed E-state index contributed by atoms with van der Waals surface area (Å²) in [5, 5.41) is 0. The van der Waals surface area contributed by atoms with Crippen LogP contribution in [-0.4, -0.2) is 52.0 Å². The molecule has 2 N–H and O–H groups in total. The van der Waals surface area contributed by atoms with Gasteiger partial charge in [0.25, 0.3) is 0 Å². The van der Waals surface area contributed by atoms with Crippen molar-refractivity contribution in [2.45, 2.75) is 32.2 Å². The molecule has 0 aliphatic heterocycles. The maximum absolute atomic E-state index is 6.05. The zero-order chi connectivity index (χ0) is 16.6. The van der Waals surface area contributed by atoms with Crippen molar-refractivity contribution in [1.82, 2.24) is 4.90 Å². The summed E-state index contributed by atoms with van der Waals surface area (Å²) in [4.78, 5) is 2.33. The first-order chi connectivity index (χ1) is 10.4. The minimum absolute atomic E-state index is 0.169. The zero-order valence-electron chi connectivity index (χ0n) is 14.8. The second-order valence-corrected chi connectivity index (χ2v) is 6.65. The highest BCUT2D eigenvalue weighted by molar-refractivity contribution is 5.29. The first-order valence-corrected chi connectivity index (χ1v) is 7.96. The number of hydrogen-bond acceptors (Lipinski definition) is 4. The van der Waals surface area contributed by atoms with Crippen LogP contribution in [-0.2, 0) is 14.9 Å². The molecule has 1 unspecified atom stereocenters. The highest BCUT2D eigenvalue weighted by Crippen LogP contribution is 2.25. The van der Waals surface area contributed by atoms with E-state index in [0.29, 0.717) is 19.8 Å².